The number of hydrogen-bond donors (Lipinski definition) is 1. The van der Waals surface area contributed by atoms with Crippen LogP contribution in [0.4, 0.5) is 0 Å². The standard InChI is InChI=1S/C23H24N4O4S2/c28-18(16-31-21-9-3-6-17-5-1-2-7-19(17)21)15-26-11-13-27(14-12-26)33(29,30)22-10-4-8-20-23(22)25-32-24-20/h1-10,18,28H,11-16H2/t18-/m0/s1. The van der Waals surface area contributed by atoms with Gasteiger partial charge in [0, 0.05) is 38.1 Å². The summed E-state index contributed by atoms with van der Waals surface area (Å²) in [5.74, 6) is 0.744. The van der Waals surface area contributed by atoms with Crippen molar-refractivity contribution in [1.29, 1.82) is 0 Å². The van der Waals surface area contributed by atoms with Crippen LogP contribution in [0.25, 0.3) is 21.8 Å². The van der Waals surface area contributed by atoms with Gasteiger partial charge in [0.25, 0.3) is 0 Å². The lowest BCUT2D eigenvalue weighted by molar-refractivity contribution is 0.0573. The first-order valence-corrected chi connectivity index (χ1v) is 12.9. The Bertz CT molecular complexity index is 1360. The van der Waals surface area contributed by atoms with E-state index in [1.807, 2.05) is 42.5 Å². The fourth-order valence-corrected chi connectivity index (χ4v) is 6.31. The highest BCUT2D eigenvalue weighted by Crippen LogP contribution is 2.26. The molecule has 4 aromatic rings. The number of sulfonamides is 1. The molecule has 0 unspecified atom stereocenters. The molecule has 10 heteroatoms. The zero-order chi connectivity index (χ0) is 22.8. The van der Waals surface area contributed by atoms with Gasteiger partial charge in [-0.15, -0.1) is 0 Å². The summed E-state index contributed by atoms with van der Waals surface area (Å²) >= 11 is 1.01. The van der Waals surface area contributed by atoms with Gasteiger partial charge in [0.05, 0.1) is 11.7 Å². The van der Waals surface area contributed by atoms with Crippen LogP contribution in [0.2, 0.25) is 0 Å². The zero-order valence-corrected chi connectivity index (χ0v) is 19.5. The number of aliphatic hydroxyl groups excluding tert-OH is 1. The van der Waals surface area contributed by atoms with E-state index in [0.29, 0.717) is 43.8 Å². The molecule has 0 aliphatic carbocycles. The first kappa shape index (κ1) is 22.2. The lowest BCUT2D eigenvalue weighted by atomic mass is 10.1. The van der Waals surface area contributed by atoms with Gasteiger partial charge in [-0.3, -0.25) is 4.90 Å². The predicted molar refractivity (Wildman–Crippen MR) is 128 cm³/mol. The Labute approximate surface area is 196 Å². The van der Waals surface area contributed by atoms with Gasteiger partial charge in [0.2, 0.25) is 10.0 Å². The average Bonchev–Trinajstić information content (AvgIpc) is 3.32. The third kappa shape index (κ3) is 4.57. The Morgan fingerprint density at radius 2 is 1.73 bits per heavy atom. The van der Waals surface area contributed by atoms with Gasteiger partial charge in [-0.1, -0.05) is 42.5 Å². The number of nitrogens with zero attached hydrogens (tertiary/aromatic N) is 4. The second kappa shape index (κ2) is 9.32. The Morgan fingerprint density at radius 3 is 2.58 bits per heavy atom. The van der Waals surface area contributed by atoms with Crippen LogP contribution in [0.5, 0.6) is 5.75 Å². The van der Waals surface area contributed by atoms with Crippen molar-refractivity contribution in [2.45, 2.75) is 11.0 Å². The number of ether oxygens (including phenoxy) is 1. The molecule has 3 aromatic carbocycles. The Kier molecular flexibility index (Phi) is 6.26. The molecule has 5 rings (SSSR count). The van der Waals surface area contributed by atoms with Crippen LogP contribution in [-0.2, 0) is 10.0 Å². The normalized spacial score (nSPS) is 16.9. The van der Waals surface area contributed by atoms with Crippen molar-refractivity contribution >= 4 is 43.6 Å². The van der Waals surface area contributed by atoms with Crippen LogP contribution in [-0.4, -0.2) is 76.9 Å². The summed E-state index contributed by atoms with van der Waals surface area (Å²) in [6.45, 7) is 2.38. The highest BCUT2D eigenvalue weighted by Gasteiger charge is 2.31. The third-order valence-corrected chi connectivity index (χ3v) is 8.32. The van der Waals surface area contributed by atoms with E-state index in [4.69, 9.17) is 4.74 Å². The van der Waals surface area contributed by atoms with Crippen molar-refractivity contribution in [2.24, 2.45) is 0 Å². The number of benzene rings is 3. The monoisotopic (exact) mass is 484 g/mol. The molecule has 0 spiro atoms. The summed E-state index contributed by atoms with van der Waals surface area (Å²) < 4.78 is 42.0. The van der Waals surface area contributed by atoms with Crippen molar-refractivity contribution in [3.63, 3.8) is 0 Å². The number of aromatic nitrogens is 2. The molecule has 1 N–H and O–H groups in total. The summed E-state index contributed by atoms with van der Waals surface area (Å²) in [6.07, 6.45) is -0.679. The van der Waals surface area contributed by atoms with Gasteiger partial charge in [0.1, 0.15) is 34.4 Å². The summed E-state index contributed by atoms with van der Waals surface area (Å²) in [7, 11) is -3.65. The van der Waals surface area contributed by atoms with Crippen LogP contribution in [0.3, 0.4) is 0 Å². The molecule has 33 heavy (non-hydrogen) atoms. The Morgan fingerprint density at radius 1 is 0.970 bits per heavy atom. The van der Waals surface area contributed by atoms with Gasteiger partial charge in [-0.2, -0.15) is 13.1 Å². The molecule has 1 saturated heterocycles. The largest absolute Gasteiger partial charge is 0.490 e. The molecule has 8 nitrogen and oxygen atoms in total. The molecule has 0 saturated carbocycles. The number of hydrogen-bond acceptors (Lipinski definition) is 8. The molecule has 0 bridgehead atoms. The topological polar surface area (TPSA) is 95.9 Å². The van der Waals surface area contributed by atoms with Crippen LogP contribution in [0.15, 0.2) is 65.6 Å². The van der Waals surface area contributed by atoms with Gasteiger partial charge < -0.3 is 9.84 Å². The van der Waals surface area contributed by atoms with E-state index < -0.39 is 16.1 Å². The molecule has 1 aliphatic heterocycles. The van der Waals surface area contributed by atoms with Gasteiger partial charge >= 0.3 is 0 Å². The summed E-state index contributed by atoms with van der Waals surface area (Å²) in [5, 5.41) is 12.6. The van der Waals surface area contributed by atoms with E-state index in [0.717, 1.165) is 28.3 Å². The van der Waals surface area contributed by atoms with E-state index >= 15 is 0 Å². The molecule has 1 aromatic heterocycles. The highest BCUT2D eigenvalue weighted by molar-refractivity contribution is 7.89. The van der Waals surface area contributed by atoms with E-state index in [9.17, 15) is 13.5 Å². The predicted octanol–water partition coefficient (Wildman–Crippen LogP) is 2.59. The maximum atomic E-state index is 13.2. The first-order chi connectivity index (χ1) is 16.0. The maximum Gasteiger partial charge on any atom is 0.245 e. The number of rotatable bonds is 7. The number of fused-ring (bicyclic) bond motifs is 2. The van der Waals surface area contributed by atoms with Crippen molar-refractivity contribution < 1.29 is 18.3 Å². The maximum absolute atomic E-state index is 13.2. The molecule has 172 valence electrons. The van der Waals surface area contributed by atoms with Crippen LogP contribution in [0, 0.1) is 0 Å². The van der Waals surface area contributed by atoms with Crippen LogP contribution in [0.1, 0.15) is 0 Å². The number of β-amino-alcohol motifs (C(OH)–C–C–N with tert-alkyl or cyclic N) is 1. The lowest BCUT2D eigenvalue weighted by Gasteiger charge is -2.34. The van der Waals surface area contributed by atoms with Crippen molar-refractivity contribution in [3.8, 4) is 5.75 Å². The minimum atomic E-state index is -3.65. The summed E-state index contributed by atoms with van der Waals surface area (Å²) in [5.41, 5.74) is 1.01. The lowest BCUT2D eigenvalue weighted by Crippen LogP contribution is -2.50. The quantitative estimate of drug-likeness (QED) is 0.431. The van der Waals surface area contributed by atoms with E-state index in [1.54, 1.807) is 18.2 Å². The molecule has 1 fully saturated rings. The smallest absolute Gasteiger partial charge is 0.245 e. The molecular formula is C23H24N4O4S2. The number of aliphatic hydroxyl groups is 1. The fourth-order valence-electron chi connectivity index (χ4n) is 4.14. The van der Waals surface area contributed by atoms with Gasteiger partial charge in [-0.25, -0.2) is 8.42 Å². The highest BCUT2D eigenvalue weighted by atomic mass is 32.2. The number of piperazine rings is 1. The van der Waals surface area contributed by atoms with Gasteiger partial charge in [-0.05, 0) is 23.6 Å². The molecule has 0 radical (unpaired) electrons. The van der Waals surface area contributed by atoms with E-state index in [2.05, 4.69) is 13.6 Å². The SMILES string of the molecule is O=S(=O)(c1cccc2nsnc12)N1CCN(C[C@H](O)COc2cccc3ccccc23)CC1. The summed E-state index contributed by atoms with van der Waals surface area (Å²) in [6, 6.07) is 18.9. The summed E-state index contributed by atoms with van der Waals surface area (Å²) in [4.78, 5) is 2.26. The second-order valence-electron chi connectivity index (χ2n) is 8.03. The first-order valence-electron chi connectivity index (χ1n) is 10.7. The minimum absolute atomic E-state index is 0.172. The minimum Gasteiger partial charge on any atom is -0.490 e. The zero-order valence-electron chi connectivity index (χ0n) is 17.9. The fraction of sp³-hybridized carbons (Fsp3) is 0.304. The molecule has 1 atom stereocenters. The Hall–Kier alpha value is -2.63. The Balaban J connectivity index is 1.17. The third-order valence-electron chi connectivity index (χ3n) is 5.85. The second-order valence-corrected chi connectivity index (χ2v) is 10.5. The van der Waals surface area contributed by atoms with Crippen molar-refractivity contribution in [3.05, 3.63) is 60.7 Å². The van der Waals surface area contributed by atoms with Crippen LogP contribution < -0.4 is 4.74 Å². The molecule has 0 amide bonds. The van der Waals surface area contributed by atoms with Crippen LogP contribution >= 0.6 is 11.7 Å². The van der Waals surface area contributed by atoms with Gasteiger partial charge in [0.15, 0.2) is 0 Å². The van der Waals surface area contributed by atoms with E-state index in [1.165, 1.54) is 4.31 Å². The van der Waals surface area contributed by atoms with Crippen molar-refractivity contribution in [1.82, 2.24) is 18.0 Å². The van der Waals surface area contributed by atoms with Crippen molar-refractivity contribution in [2.75, 3.05) is 39.3 Å². The molecular weight excluding hydrogens is 460 g/mol. The molecule has 2 heterocycles. The van der Waals surface area contributed by atoms with E-state index in [-0.39, 0.29) is 11.5 Å². The molecule has 1 aliphatic rings. The average molecular weight is 485 g/mol.